The molecule has 0 radical (unpaired) electrons. The Morgan fingerprint density at radius 1 is 1.41 bits per heavy atom. The summed E-state index contributed by atoms with van der Waals surface area (Å²) in [5.74, 6) is 0.906. The molecule has 0 heterocycles. The molecule has 1 N–H and O–H groups in total. The molecule has 0 saturated heterocycles. The van der Waals surface area contributed by atoms with Gasteiger partial charge in [0.2, 0.25) is 0 Å². The average Bonchev–Trinajstić information content (AvgIpc) is 2.29. The van der Waals surface area contributed by atoms with Gasteiger partial charge in [0.05, 0.1) is 24.8 Å². The molecule has 1 rings (SSSR count). The number of aryl methyl sites for hydroxylation is 2. The van der Waals surface area contributed by atoms with E-state index in [0.29, 0.717) is 6.54 Å². The maximum atomic E-state index is 8.92. The van der Waals surface area contributed by atoms with Crippen molar-refractivity contribution in [2.24, 2.45) is 5.92 Å². The van der Waals surface area contributed by atoms with E-state index in [1.54, 1.807) is 7.11 Å². The number of rotatable bonds is 5. The molecule has 17 heavy (non-hydrogen) atoms. The number of benzene rings is 1. The number of nitriles is 1. The van der Waals surface area contributed by atoms with Crippen molar-refractivity contribution in [3.63, 3.8) is 0 Å². The highest BCUT2D eigenvalue weighted by Gasteiger charge is 2.09. The molecule has 1 atom stereocenters. The molecule has 0 spiro atoms. The zero-order chi connectivity index (χ0) is 12.8. The largest absolute Gasteiger partial charge is 0.494 e. The lowest BCUT2D eigenvalue weighted by atomic mass is 10.1. The van der Waals surface area contributed by atoms with E-state index >= 15 is 0 Å². The van der Waals surface area contributed by atoms with Crippen molar-refractivity contribution >= 4 is 5.69 Å². The molecule has 0 aromatic heterocycles. The predicted octanol–water partition coefficient (Wildman–Crippen LogP) is 3.27. The average molecular weight is 232 g/mol. The van der Waals surface area contributed by atoms with Crippen LogP contribution in [-0.4, -0.2) is 13.7 Å². The number of hydrogen-bond acceptors (Lipinski definition) is 3. The topological polar surface area (TPSA) is 45.0 Å². The van der Waals surface area contributed by atoms with E-state index in [9.17, 15) is 0 Å². The molecule has 3 heteroatoms. The first-order valence-corrected chi connectivity index (χ1v) is 5.91. The highest BCUT2D eigenvalue weighted by Crippen LogP contribution is 2.30. The summed E-state index contributed by atoms with van der Waals surface area (Å²) >= 11 is 0. The van der Waals surface area contributed by atoms with Crippen LogP contribution >= 0.6 is 0 Å². The summed E-state index contributed by atoms with van der Waals surface area (Å²) in [6, 6.07) is 6.43. The number of nitrogens with zero attached hydrogens (tertiary/aromatic N) is 1. The van der Waals surface area contributed by atoms with Crippen LogP contribution in [0.15, 0.2) is 12.1 Å². The molecular formula is C14H20N2O. The van der Waals surface area contributed by atoms with E-state index in [-0.39, 0.29) is 5.92 Å². The smallest absolute Gasteiger partial charge is 0.144 e. The summed E-state index contributed by atoms with van der Waals surface area (Å²) in [5, 5.41) is 12.2. The lowest BCUT2D eigenvalue weighted by Gasteiger charge is -2.15. The third-order valence-corrected chi connectivity index (χ3v) is 2.84. The van der Waals surface area contributed by atoms with Crippen molar-refractivity contribution < 1.29 is 4.74 Å². The standard InChI is InChI=1S/C14H20N2O/c1-5-12(8-15)9-16-13-7-10(2)6-11(3)14(13)17-4/h6-7,12,16H,5,9H2,1-4H3. The van der Waals surface area contributed by atoms with Gasteiger partial charge in [0.25, 0.3) is 0 Å². The lowest BCUT2D eigenvalue weighted by Crippen LogP contribution is -2.12. The fourth-order valence-electron chi connectivity index (χ4n) is 1.87. The first kappa shape index (κ1) is 13.4. The fraction of sp³-hybridized carbons (Fsp3) is 0.500. The highest BCUT2D eigenvalue weighted by atomic mass is 16.5. The van der Waals surface area contributed by atoms with Crippen LogP contribution in [-0.2, 0) is 0 Å². The number of hydrogen-bond donors (Lipinski definition) is 1. The first-order valence-electron chi connectivity index (χ1n) is 5.91. The van der Waals surface area contributed by atoms with Gasteiger partial charge in [-0.15, -0.1) is 0 Å². The molecule has 0 aliphatic heterocycles. The summed E-state index contributed by atoms with van der Waals surface area (Å²) in [6.45, 7) is 6.76. The molecule has 0 amide bonds. The van der Waals surface area contributed by atoms with Crippen molar-refractivity contribution in [1.82, 2.24) is 0 Å². The second-order valence-corrected chi connectivity index (χ2v) is 4.28. The summed E-state index contributed by atoms with van der Waals surface area (Å²) in [6.07, 6.45) is 0.858. The normalized spacial score (nSPS) is 11.7. The Morgan fingerprint density at radius 2 is 2.12 bits per heavy atom. The van der Waals surface area contributed by atoms with Crippen molar-refractivity contribution in [2.75, 3.05) is 19.0 Å². The van der Waals surface area contributed by atoms with Gasteiger partial charge in [0.15, 0.2) is 0 Å². The summed E-state index contributed by atoms with van der Waals surface area (Å²) in [7, 11) is 1.67. The Balaban J connectivity index is 2.87. The van der Waals surface area contributed by atoms with E-state index in [0.717, 1.165) is 23.4 Å². The number of anilines is 1. The molecule has 0 bridgehead atoms. The Labute approximate surface area is 103 Å². The number of nitrogens with one attached hydrogen (secondary N) is 1. The summed E-state index contributed by atoms with van der Waals surface area (Å²) < 4.78 is 5.39. The van der Waals surface area contributed by atoms with Gasteiger partial charge in [-0.05, 0) is 37.5 Å². The molecule has 1 aromatic carbocycles. The minimum atomic E-state index is 0.0422. The first-order chi connectivity index (χ1) is 8.12. The van der Waals surface area contributed by atoms with E-state index in [1.165, 1.54) is 5.56 Å². The predicted molar refractivity (Wildman–Crippen MR) is 70.4 cm³/mol. The minimum Gasteiger partial charge on any atom is -0.494 e. The Morgan fingerprint density at radius 3 is 2.65 bits per heavy atom. The summed E-state index contributed by atoms with van der Waals surface area (Å²) in [5.41, 5.74) is 3.27. The monoisotopic (exact) mass is 232 g/mol. The van der Waals surface area contributed by atoms with Crippen LogP contribution in [0.25, 0.3) is 0 Å². The SMILES string of the molecule is CCC(C#N)CNc1cc(C)cc(C)c1OC. The van der Waals surface area contributed by atoms with E-state index < -0.39 is 0 Å². The molecule has 0 aliphatic carbocycles. The van der Waals surface area contributed by atoms with Gasteiger partial charge >= 0.3 is 0 Å². The molecule has 0 fully saturated rings. The third kappa shape index (κ3) is 3.39. The molecule has 3 nitrogen and oxygen atoms in total. The van der Waals surface area contributed by atoms with E-state index in [4.69, 9.17) is 10.00 Å². The Bertz CT molecular complexity index is 421. The maximum Gasteiger partial charge on any atom is 0.144 e. The van der Waals surface area contributed by atoms with Gasteiger partial charge in [0, 0.05) is 6.54 Å². The Hall–Kier alpha value is -1.69. The van der Waals surface area contributed by atoms with Gasteiger partial charge < -0.3 is 10.1 Å². The van der Waals surface area contributed by atoms with Gasteiger partial charge in [-0.3, -0.25) is 0 Å². The van der Waals surface area contributed by atoms with Crippen LogP contribution in [0.3, 0.4) is 0 Å². The van der Waals surface area contributed by atoms with Crippen LogP contribution in [0.5, 0.6) is 5.75 Å². The van der Waals surface area contributed by atoms with E-state index in [2.05, 4.69) is 30.4 Å². The Kier molecular flexibility index (Phi) is 4.84. The van der Waals surface area contributed by atoms with Gasteiger partial charge in [-0.25, -0.2) is 0 Å². The second-order valence-electron chi connectivity index (χ2n) is 4.28. The zero-order valence-electron chi connectivity index (χ0n) is 11.0. The lowest BCUT2D eigenvalue weighted by molar-refractivity contribution is 0.413. The van der Waals surface area contributed by atoms with Crippen molar-refractivity contribution in [2.45, 2.75) is 27.2 Å². The molecule has 92 valence electrons. The minimum absolute atomic E-state index is 0.0422. The summed E-state index contributed by atoms with van der Waals surface area (Å²) in [4.78, 5) is 0. The van der Waals surface area contributed by atoms with Gasteiger partial charge in [0.1, 0.15) is 5.75 Å². The molecule has 0 saturated carbocycles. The quantitative estimate of drug-likeness (QED) is 0.847. The van der Waals surface area contributed by atoms with Crippen LogP contribution < -0.4 is 10.1 Å². The maximum absolute atomic E-state index is 8.92. The number of ether oxygens (including phenoxy) is 1. The van der Waals surface area contributed by atoms with E-state index in [1.807, 2.05) is 13.8 Å². The van der Waals surface area contributed by atoms with Crippen LogP contribution in [0.2, 0.25) is 0 Å². The molecule has 1 unspecified atom stereocenters. The fourth-order valence-corrected chi connectivity index (χ4v) is 1.87. The number of methoxy groups -OCH3 is 1. The molecule has 1 aromatic rings. The van der Waals surface area contributed by atoms with Crippen LogP contribution in [0.4, 0.5) is 5.69 Å². The van der Waals surface area contributed by atoms with Crippen molar-refractivity contribution in [3.8, 4) is 11.8 Å². The second kappa shape index (κ2) is 6.15. The zero-order valence-corrected chi connectivity index (χ0v) is 11.0. The van der Waals surface area contributed by atoms with Crippen molar-refractivity contribution in [1.29, 1.82) is 5.26 Å². The van der Waals surface area contributed by atoms with Crippen LogP contribution in [0.1, 0.15) is 24.5 Å². The molecule has 0 aliphatic rings. The van der Waals surface area contributed by atoms with Crippen LogP contribution in [0, 0.1) is 31.1 Å². The van der Waals surface area contributed by atoms with Crippen molar-refractivity contribution in [3.05, 3.63) is 23.3 Å². The third-order valence-electron chi connectivity index (χ3n) is 2.84. The highest BCUT2D eigenvalue weighted by molar-refractivity contribution is 5.61. The van der Waals surface area contributed by atoms with Gasteiger partial charge in [-0.1, -0.05) is 13.0 Å². The van der Waals surface area contributed by atoms with Gasteiger partial charge in [-0.2, -0.15) is 5.26 Å². The molecular weight excluding hydrogens is 212 g/mol.